The predicted octanol–water partition coefficient (Wildman–Crippen LogP) is 4.34. The van der Waals surface area contributed by atoms with Gasteiger partial charge < -0.3 is 9.84 Å². The number of nitrogens with one attached hydrogen (secondary N) is 1. The monoisotopic (exact) mass is 332 g/mol. The summed E-state index contributed by atoms with van der Waals surface area (Å²) in [7, 11) is 0. The second-order valence-electron chi connectivity index (χ2n) is 6.22. The van der Waals surface area contributed by atoms with Crippen molar-refractivity contribution in [2.24, 2.45) is 0 Å². The maximum Gasteiger partial charge on any atom is 0.258 e. The molecule has 3 rings (SSSR count). The fraction of sp³-hybridized carbons (Fsp3) is 0.588. The van der Waals surface area contributed by atoms with Gasteiger partial charge in [-0.25, -0.2) is 4.98 Å². The molecule has 2 unspecified atom stereocenters. The second-order valence-corrected chi connectivity index (χ2v) is 7.73. The van der Waals surface area contributed by atoms with Gasteiger partial charge in [-0.1, -0.05) is 32.3 Å². The molecule has 0 amide bonds. The summed E-state index contributed by atoms with van der Waals surface area (Å²) >= 11 is 2.04. The highest BCUT2D eigenvalue weighted by Gasteiger charge is 2.27. The number of aromatic nitrogens is 3. The molecule has 0 radical (unpaired) electrons. The van der Waals surface area contributed by atoms with Crippen molar-refractivity contribution in [2.45, 2.75) is 57.2 Å². The van der Waals surface area contributed by atoms with Crippen LogP contribution in [0.2, 0.25) is 0 Å². The second kappa shape index (κ2) is 7.34. The molecule has 2 atom stereocenters. The minimum absolute atomic E-state index is 0.261. The van der Waals surface area contributed by atoms with E-state index in [4.69, 9.17) is 4.52 Å². The number of nitrogens with zero attached hydrogens (tertiary/aromatic N) is 3. The number of anilines is 1. The molecule has 1 aliphatic rings. The molecule has 1 N–H and O–H groups in total. The first-order valence-electron chi connectivity index (χ1n) is 8.35. The van der Waals surface area contributed by atoms with Crippen molar-refractivity contribution in [3.63, 3.8) is 0 Å². The number of pyridine rings is 1. The Kier molecular flexibility index (Phi) is 5.20. The molecule has 0 aliphatic heterocycles. The summed E-state index contributed by atoms with van der Waals surface area (Å²) in [5.74, 6) is 3.61. The summed E-state index contributed by atoms with van der Waals surface area (Å²) < 4.78 is 5.38. The SMILES string of the molecule is CCSC1CCCC1Nc1cc(-c2nc(C(C)C)no2)ccn1. The van der Waals surface area contributed by atoms with Gasteiger partial charge in [0.1, 0.15) is 5.82 Å². The van der Waals surface area contributed by atoms with E-state index in [2.05, 4.69) is 41.2 Å². The predicted molar refractivity (Wildman–Crippen MR) is 94.8 cm³/mol. The lowest BCUT2D eigenvalue weighted by Gasteiger charge is -2.20. The molecule has 2 aromatic heterocycles. The van der Waals surface area contributed by atoms with Crippen LogP contribution in [0.4, 0.5) is 5.82 Å². The van der Waals surface area contributed by atoms with Gasteiger partial charge in [0, 0.05) is 29.0 Å². The summed E-state index contributed by atoms with van der Waals surface area (Å²) in [6.45, 7) is 6.33. The van der Waals surface area contributed by atoms with Crippen LogP contribution in [0.25, 0.3) is 11.5 Å². The van der Waals surface area contributed by atoms with E-state index < -0.39 is 0 Å². The van der Waals surface area contributed by atoms with Crippen molar-refractivity contribution < 1.29 is 4.52 Å². The summed E-state index contributed by atoms with van der Waals surface area (Å²) in [5, 5.41) is 8.31. The average Bonchev–Trinajstić information content (AvgIpc) is 3.18. The maximum atomic E-state index is 5.38. The molecule has 1 aliphatic carbocycles. The van der Waals surface area contributed by atoms with Crippen LogP contribution in [0.15, 0.2) is 22.9 Å². The van der Waals surface area contributed by atoms with E-state index in [1.807, 2.05) is 23.9 Å². The Morgan fingerprint density at radius 1 is 1.39 bits per heavy atom. The molecule has 2 heterocycles. The standard InChI is InChI=1S/C17H24N4OS/c1-4-23-14-7-5-6-13(14)19-15-10-12(8-9-18-15)17-20-16(11(2)3)21-22-17/h8-11,13-14H,4-7H2,1-3H3,(H,18,19). The van der Waals surface area contributed by atoms with Crippen LogP contribution in [0, 0.1) is 0 Å². The third-order valence-corrected chi connectivity index (χ3v) is 5.46. The number of rotatable bonds is 6. The topological polar surface area (TPSA) is 63.8 Å². The van der Waals surface area contributed by atoms with Crippen molar-refractivity contribution in [2.75, 3.05) is 11.1 Å². The van der Waals surface area contributed by atoms with Crippen molar-refractivity contribution in [3.05, 3.63) is 24.2 Å². The lowest BCUT2D eigenvalue weighted by molar-refractivity contribution is 0.419. The lowest BCUT2D eigenvalue weighted by atomic mass is 10.2. The highest BCUT2D eigenvalue weighted by Crippen LogP contribution is 2.32. The van der Waals surface area contributed by atoms with Gasteiger partial charge in [-0.2, -0.15) is 16.7 Å². The highest BCUT2D eigenvalue weighted by atomic mass is 32.2. The Balaban J connectivity index is 1.74. The van der Waals surface area contributed by atoms with E-state index in [-0.39, 0.29) is 5.92 Å². The Morgan fingerprint density at radius 3 is 3.00 bits per heavy atom. The van der Waals surface area contributed by atoms with Crippen LogP contribution in [0.5, 0.6) is 0 Å². The first-order valence-corrected chi connectivity index (χ1v) is 9.40. The van der Waals surface area contributed by atoms with Crippen molar-refractivity contribution in [1.82, 2.24) is 15.1 Å². The van der Waals surface area contributed by atoms with Crippen LogP contribution in [0.3, 0.4) is 0 Å². The first kappa shape index (κ1) is 16.3. The largest absolute Gasteiger partial charge is 0.366 e. The van der Waals surface area contributed by atoms with Gasteiger partial charge in [0.2, 0.25) is 0 Å². The Hall–Kier alpha value is -1.56. The Bertz CT molecular complexity index is 643. The summed E-state index contributed by atoms with van der Waals surface area (Å²) in [4.78, 5) is 8.91. The third-order valence-electron chi connectivity index (χ3n) is 4.13. The molecular formula is C17H24N4OS. The quantitative estimate of drug-likeness (QED) is 0.849. The fourth-order valence-electron chi connectivity index (χ4n) is 2.92. The molecule has 23 heavy (non-hydrogen) atoms. The minimum Gasteiger partial charge on any atom is -0.366 e. The average molecular weight is 332 g/mol. The van der Waals surface area contributed by atoms with Crippen LogP contribution in [-0.2, 0) is 0 Å². The van der Waals surface area contributed by atoms with Crippen LogP contribution < -0.4 is 5.32 Å². The van der Waals surface area contributed by atoms with Crippen LogP contribution in [0.1, 0.15) is 51.8 Å². The Morgan fingerprint density at radius 2 is 2.26 bits per heavy atom. The fourth-order valence-corrected chi connectivity index (χ4v) is 4.12. The third kappa shape index (κ3) is 3.86. The molecular weight excluding hydrogens is 308 g/mol. The summed E-state index contributed by atoms with van der Waals surface area (Å²) in [6, 6.07) is 4.41. The highest BCUT2D eigenvalue weighted by molar-refractivity contribution is 7.99. The first-order chi connectivity index (χ1) is 11.2. The van der Waals surface area contributed by atoms with Gasteiger partial charge in [0.15, 0.2) is 5.82 Å². The van der Waals surface area contributed by atoms with Gasteiger partial charge in [-0.15, -0.1) is 0 Å². The molecule has 2 aromatic rings. The minimum atomic E-state index is 0.261. The zero-order valence-corrected chi connectivity index (χ0v) is 14.8. The van der Waals surface area contributed by atoms with Gasteiger partial charge >= 0.3 is 0 Å². The maximum absolute atomic E-state index is 5.38. The normalized spacial score (nSPS) is 21.0. The smallest absolute Gasteiger partial charge is 0.258 e. The van der Waals surface area contributed by atoms with Crippen molar-refractivity contribution >= 4 is 17.6 Å². The molecule has 0 aromatic carbocycles. The van der Waals surface area contributed by atoms with Gasteiger partial charge in [-0.3, -0.25) is 0 Å². The number of hydrogen-bond donors (Lipinski definition) is 1. The van der Waals surface area contributed by atoms with E-state index in [1.165, 1.54) is 19.3 Å². The number of hydrogen-bond acceptors (Lipinski definition) is 6. The molecule has 124 valence electrons. The van der Waals surface area contributed by atoms with Crippen molar-refractivity contribution in [1.29, 1.82) is 0 Å². The molecule has 6 heteroatoms. The van der Waals surface area contributed by atoms with Crippen molar-refractivity contribution in [3.8, 4) is 11.5 Å². The molecule has 1 saturated carbocycles. The Labute approximate surface area is 141 Å². The molecule has 0 bridgehead atoms. The van der Waals surface area contributed by atoms with Gasteiger partial charge in [0.25, 0.3) is 5.89 Å². The summed E-state index contributed by atoms with van der Waals surface area (Å²) in [5.41, 5.74) is 0.916. The van der Waals surface area contributed by atoms with E-state index in [0.29, 0.717) is 17.2 Å². The van der Waals surface area contributed by atoms with E-state index in [1.54, 1.807) is 6.20 Å². The summed E-state index contributed by atoms with van der Waals surface area (Å²) in [6.07, 6.45) is 5.59. The molecule has 1 fully saturated rings. The van der Waals surface area contributed by atoms with Gasteiger partial charge in [-0.05, 0) is 30.7 Å². The van der Waals surface area contributed by atoms with Crippen LogP contribution in [-0.4, -0.2) is 32.2 Å². The number of thioether (sulfide) groups is 1. The van der Waals surface area contributed by atoms with E-state index >= 15 is 0 Å². The van der Waals surface area contributed by atoms with Crippen LogP contribution >= 0.6 is 11.8 Å². The van der Waals surface area contributed by atoms with E-state index in [0.717, 1.165) is 23.0 Å². The molecule has 0 spiro atoms. The van der Waals surface area contributed by atoms with Gasteiger partial charge in [0.05, 0.1) is 0 Å². The van der Waals surface area contributed by atoms with E-state index in [9.17, 15) is 0 Å². The lowest BCUT2D eigenvalue weighted by Crippen LogP contribution is -2.26. The molecule has 0 saturated heterocycles. The zero-order valence-electron chi connectivity index (χ0n) is 14.0. The molecule has 5 nitrogen and oxygen atoms in total. The zero-order chi connectivity index (χ0) is 16.2.